The predicted octanol–water partition coefficient (Wildman–Crippen LogP) is 2.65. The third kappa shape index (κ3) is 3.04. The Hall–Kier alpha value is -2.17. The Kier molecular flexibility index (Phi) is 4.17. The van der Waals surface area contributed by atoms with Crippen molar-refractivity contribution in [1.82, 2.24) is 10.3 Å². The fourth-order valence-corrected chi connectivity index (χ4v) is 1.96. The number of H-pyrrole nitrogens is 1. The molecule has 1 amide bonds. The molecule has 2 rings (SSSR count). The highest BCUT2D eigenvalue weighted by atomic mass is 19.1. The standard InChI is InChI=1S/C15H17FN2O2/c1-9(2)5-6-17-15(20)14(19)12-8-18-13-7-10(16)3-4-11(12)13/h3-4,7-9,18H,5-6H2,1-2H3,(H,17,20). The second kappa shape index (κ2) is 5.86. The van der Waals surface area contributed by atoms with Crippen LogP contribution in [0.5, 0.6) is 0 Å². The maximum absolute atomic E-state index is 13.1. The molecule has 0 saturated heterocycles. The van der Waals surface area contributed by atoms with Crippen LogP contribution in [0.15, 0.2) is 24.4 Å². The number of fused-ring (bicyclic) bond motifs is 1. The second-order valence-electron chi connectivity index (χ2n) is 5.16. The molecule has 2 N–H and O–H groups in total. The van der Waals surface area contributed by atoms with Gasteiger partial charge >= 0.3 is 0 Å². The van der Waals surface area contributed by atoms with E-state index >= 15 is 0 Å². The molecule has 106 valence electrons. The zero-order chi connectivity index (χ0) is 14.7. The number of rotatable bonds is 5. The van der Waals surface area contributed by atoms with Crippen molar-refractivity contribution in [1.29, 1.82) is 0 Å². The molecular formula is C15H17FN2O2. The molecule has 1 heterocycles. The third-order valence-corrected chi connectivity index (χ3v) is 3.10. The molecule has 0 saturated carbocycles. The number of carbonyl (C=O) groups excluding carboxylic acids is 2. The van der Waals surface area contributed by atoms with Crippen LogP contribution in [0.2, 0.25) is 0 Å². The zero-order valence-electron chi connectivity index (χ0n) is 11.5. The number of benzene rings is 1. The van der Waals surface area contributed by atoms with Crippen molar-refractivity contribution in [3.8, 4) is 0 Å². The Morgan fingerprint density at radius 3 is 2.80 bits per heavy atom. The first kappa shape index (κ1) is 14.2. The first-order chi connectivity index (χ1) is 9.49. The van der Waals surface area contributed by atoms with Crippen molar-refractivity contribution >= 4 is 22.6 Å². The Morgan fingerprint density at radius 1 is 1.35 bits per heavy atom. The highest BCUT2D eigenvalue weighted by Crippen LogP contribution is 2.19. The van der Waals surface area contributed by atoms with Gasteiger partial charge in [0.05, 0.1) is 5.56 Å². The van der Waals surface area contributed by atoms with Gasteiger partial charge < -0.3 is 10.3 Å². The number of halogens is 1. The van der Waals surface area contributed by atoms with Crippen LogP contribution in [0, 0.1) is 11.7 Å². The summed E-state index contributed by atoms with van der Waals surface area (Å²) in [5, 5.41) is 3.15. The third-order valence-electron chi connectivity index (χ3n) is 3.10. The van der Waals surface area contributed by atoms with Crippen molar-refractivity contribution in [3.05, 3.63) is 35.8 Å². The number of Topliss-reactive ketones (excluding diaryl/α,β-unsaturated/α-hetero) is 1. The van der Waals surface area contributed by atoms with Gasteiger partial charge in [0.2, 0.25) is 0 Å². The van der Waals surface area contributed by atoms with Crippen molar-refractivity contribution in [3.63, 3.8) is 0 Å². The minimum atomic E-state index is -0.629. The van der Waals surface area contributed by atoms with Gasteiger partial charge in [-0.1, -0.05) is 13.8 Å². The number of hydrogen-bond donors (Lipinski definition) is 2. The van der Waals surface area contributed by atoms with Gasteiger partial charge in [0.15, 0.2) is 0 Å². The van der Waals surface area contributed by atoms with Crippen LogP contribution in [0.1, 0.15) is 30.6 Å². The molecule has 0 unspecified atom stereocenters. The van der Waals surface area contributed by atoms with E-state index in [1.165, 1.54) is 24.4 Å². The van der Waals surface area contributed by atoms with Crippen LogP contribution in [0.4, 0.5) is 4.39 Å². The van der Waals surface area contributed by atoms with Gasteiger partial charge in [-0.15, -0.1) is 0 Å². The minimum absolute atomic E-state index is 0.266. The summed E-state index contributed by atoms with van der Waals surface area (Å²) in [4.78, 5) is 26.6. The molecule has 0 spiro atoms. The number of nitrogens with one attached hydrogen (secondary N) is 2. The first-order valence-corrected chi connectivity index (χ1v) is 6.58. The quantitative estimate of drug-likeness (QED) is 0.651. The van der Waals surface area contributed by atoms with Crippen molar-refractivity contribution in [2.24, 2.45) is 5.92 Å². The van der Waals surface area contributed by atoms with Crippen LogP contribution < -0.4 is 5.32 Å². The number of carbonyl (C=O) groups is 2. The molecule has 0 aliphatic carbocycles. The van der Waals surface area contributed by atoms with E-state index in [2.05, 4.69) is 10.3 Å². The molecule has 1 aromatic carbocycles. The van der Waals surface area contributed by atoms with E-state index in [0.717, 1.165) is 6.42 Å². The molecule has 0 aliphatic heterocycles. The maximum atomic E-state index is 13.1. The van der Waals surface area contributed by atoms with Gasteiger partial charge in [0.25, 0.3) is 11.7 Å². The Morgan fingerprint density at radius 2 is 2.10 bits per heavy atom. The monoisotopic (exact) mass is 276 g/mol. The van der Waals surface area contributed by atoms with Gasteiger partial charge in [-0.05, 0) is 30.5 Å². The van der Waals surface area contributed by atoms with Gasteiger partial charge in [-0.25, -0.2) is 4.39 Å². The lowest BCUT2D eigenvalue weighted by molar-refractivity contribution is -0.117. The normalized spacial score (nSPS) is 11.0. The van der Waals surface area contributed by atoms with E-state index in [1.807, 2.05) is 13.8 Å². The summed E-state index contributed by atoms with van der Waals surface area (Å²) in [7, 11) is 0. The topological polar surface area (TPSA) is 62.0 Å². The van der Waals surface area contributed by atoms with Crippen LogP contribution in [-0.2, 0) is 4.79 Å². The fourth-order valence-electron chi connectivity index (χ4n) is 1.96. The summed E-state index contributed by atoms with van der Waals surface area (Å²) in [6.07, 6.45) is 2.26. The molecule has 0 bridgehead atoms. The lowest BCUT2D eigenvalue weighted by atomic mass is 10.1. The summed E-state index contributed by atoms with van der Waals surface area (Å²) in [6.45, 7) is 4.56. The van der Waals surface area contributed by atoms with Crippen LogP contribution >= 0.6 is 0 Å². The lowest BCUT2D eigenvalue weighted by Gasteiger charge is -2.06. The van der Waals surface area contributed by atoms with Gasteiger partial charge in [-0.2, -0.15) is 0 Å². The van der Waals surface area contributed by atoms with Gasteiger partial charge in [0, 0.05) is 23.6 Å². The second-order valence-corrected chi connectivity index (χ2v) is 5.16. The van der Waals surface area contributed by atoms with Crippen LogP contribution in [0.25, 0.3) is 10.9 Å². The minimum Gasteiger partial charge on any atom is -0.360 e. The zero-order valence-corrected chi connectivity index (χ0v) is 11.5. The number of amides is 1. The Balaban J connectivity index is 2.13. The Bertz CT molecular complexity index is 646. The van der Waals surface area contributed by atoms with E-state index in [4.69, 9.17) is 0 Å². The van der Waals surface area contributed by atoms with E-state index in [0.29, 0.717) is 23.4 Å². The molecule has 0 radical (unpaired) electrons. The average molecular weight is 276 g/mol. The average Bonchev–Trinajstić information content (AvgIpc) is 2.80. The SMILES string of the molecule is CC(C)CCNC(=O)C(=O)c1c[nH]c2cc(F)ccc12. The largest absolute Gasteiger partial charge is 0.360 e. The van der Waals surface area contributed by atoms with Crippen molar-refractivity contribution < 1.29 is 14.0 Å². The van der Waals surface area contributed by atoms with E-state index < -0.39 is 11.7 Å². The number of ketones is 1. The molecule has 20 heavy (non-hydrogen) atoms. The molecular weight excluding hydrogens is 259 g/mol. The summed E-state index contributed by atoms with van der Waals surface area (Å²) in [5.74, 6) is -1.16. The summed E-state index contributed by atoms with van der Waals surface area (Å²) in [5.41, 5.74) is 0.769. The van der Waals surface area contributed by atoms with Crippen LogP contribution in [0.3, 0.4) is 0 Å². The molecule has 4 nitrogen and oxygen atoms in total. The van der Waals surface area contributed by atoms with Gasteiger partial charge in [0.1, 0.15) is 5.82 Å². The highest BCUT2D eigenvalue weighted by molar-refractivity contribution is 6.44. The van der Waals surface area contributed by atoms with E-state index in [-0.39, 0.29) is 11.4 Å². The molecule has 5 heteroatoms. The fraction of sp³-hybridized carbons (Fsp3) is 0.333. The lowest BCUT2D eigenvalue weighted by Crippen LogP contribution is -2.32. The summed E-state index contributed by atoms with van der Waals surface area (Å²) < 4.78 is 13.1. The number of hydrogen-bond acceptors (Lipinski definition) is 2. The maximum Gasteiger partial charge on any atom is 0.292 e. The summed E-state index contributed by atoms with van der Waals surface area (Å²) in [6, 6.07) is 4.06. The molecule has 1 aromatic heterocycles. The first-order valence-electron chi connectivity index (χ1n) is 6.58. The smallest absolute Gasteiger partial charge is 0.292 e. The number of aromatic nitrogens is 1. The van der Waals surface area contributed by atoms with Crippen molar-refractivity contribution in [2.45, 2.75) is 20.3 Å². The molecule has 0 aliphatic rings. The highest BCUT2D eigenvalue weighted by Gasteiger charge is 2.19. The van der Waals surface area contributed by atoms with Crippen LogP contribution in [-0.4, -0.2) is 23.2 Å². The predicted molar refractivity (Wildman–Crippen MR) is 75.1 cm³/mol. The molecule has 0 fully saturated rings. The van der Waals surface area contributed by atoms with E-state index in [1.54, 1.807) is 0 Å². The van der Waals surface area contributed by atoms with Gasteiger partial charge in [-0.3, -0.25) is 9.59 Å². The number of aromatic amines is 1. The molecule has 0 atom stereocenters. The molecule has 2 aromatic rings. The Labute approximate surface area is 116 Å². The summed E-state index contributed by atoms with van der Waals surface area (Å²) >= 11 is 0. The van der Waals surface area contributed by atoms with E-state index in [9.17, 15) is 14.0 Å². The van der Waals surface area contributed by atoms with Crippen molar-refractivity contribution in [2.75, 3.05) is 6.54 Å².